The second-order valence-corrected chi connectivity index (χ2v) is 4.66. The maximum atomic E-state index is 11.7. The predicted molar refractivity (Wildman–Crippen MR) is 69.6 cm³/mol. The summed E-state index contributed by atoms with van der Waals surface area (Å²) >= 11 is 0. The first-order chi connectivity index (χ1) is 8.52. The van der Waals surface area contributed by atoms with Crippen LogP contribution in [0.25, 0.3) is 0 Å². The van der Waals surface area contributed by atoms with Gasteiger partial charge in [0.1, 0.15) is 0 Å². The molecule has 1 heterocycles. The van der Waals surface area contributed by atoms with E-state index in [1.54, 1.807) is 6.08 Å². The highest BCUT2D eigenvalue weighted by Crippen LogP contribution is 2.10. The lowest BCUT2D eigenvalue weighted by molar-refractivity contribution is -0.124. The number of primary amides is 1. The number of nitrogens with two attached hydrogens (primary N) is 2. The molecule has 1 aliphatic rings. The number of nitrogens with zero attached hydrogens (tertiary/aromatic N) is 1. The third-order valence-corrected chi connectivity index (χ3v) is 3.07. The van der Waals surface area contributed by atoms with Crippen LogP contribution in [0.5, 0.6) is 0 Å². The van der Waals surface area contributed by atoms with Crippen LogP contribution in [0.4, 0.5) is 0 Å². The predicted octanol–water partition coefficient (Wildman–Crippen LogP) is -1.04. The van der Waals surface area contributed by atoms with Gasteiger partial charge in [0.15, 0.2) is 0 Å². The molecule has 0 bridgehead atoms. The fourth-order valence-electron chi connectivity index (χ4n) is 2.05. The standard InChI is InChI=1S/C12H22N4O2/c1-2-3-10(13)12(18)15-9-4-6-16(7-5-9)8-11(14)17/h2,9-10H,1,3-8,13H2,(H2,14,17)(H,15,18). The fourth-order valence-corrected chi connectivity index (χ4v) is 2.05. The Labute approximate surface area is 107 Å². The van der Waals surface area contributed by atoms with E-state index in [9.17, 15) is 9.59 Å². The van der Waals surface area contributed by atoms with E-state index in [-0.39, 0.29) is 24.4 Å². The van der Waals surface area contributed by atoms with E-state index >= 15 is 0 Å². The van der Waals surface area contributed by atoms with E-state index in [0.29, 0.717) is 6.42 Å². The number of hydrogen-bond acceptors (Lipinski definition) is 4. The minimum Gasteiger partial charge on any atom is -0.369 e. The molecule has 1 aliphatic heterocycles. The van der Waals surface area contributed by atoms with Crippen LogP contribution in [-0.4, -0.2) is 48.4 Å². The molecule has 5 N–H and O–H groups in total. The summed E-state index contributed by atoms with van der Waals surface area (Å²) in [6.45, 7) is 5.38. The van der Waals surface area contributed by atoms with E-state index in [4.69, 9.17) is 11.5 Å². The van der Waals surface area contributed by atoms with Crippen LogP contribution in [0.3, 0.4) is 0 Å². The Bertz CT molecular complexity index is 311. The van der Waals surface area contributed by atoms with Gasteiger partial charge in [0.2, 0.25) is 11.8 Å². The molecule has 0 saturated carbocycles. The summed E-state index contributed by atoms with van der Waals surface area (Å²) in [5.41, 5.74) is 10.8. The van der Waals surface area contributed by atoms with Crippen molar-refractivity contribution in [3.63, 3.8) is 0 Å². The smallest absolute Gasteiger partial charge is 0.237 e. The molecule has 0 radical (unpaired) electrons. The topological polar surface area (TPSA) is 101 Å². The number of rotatable bonds is 6. The lowest BCUT2D eigenvalue weighted by Gasteiger charge is -2.31. The van der Waals surface area contributed by atoms with Crippen LogP contribution in [0.1, 0.15) is 19.3 Å². The first-order valence-corrected chi connectivity index (χ1v) is 6.20. The van der Waals surface area contributed by atoms with Crippen LogP contribution in [-0.2, 0) is 9.59 Å². The zero-order valence-electron chi connectivity index (χ0n) is 10.6. The van der Waals surface area contributed by atoms with Gasteiger partial charge in [0.05, 0.1) is 12.6 Å². The van der Waals surface area contributed by atoms with Crippen LogP contribution < -0.4 is 16.8 Å². The van der Waals surface area contributed by atoms with Crippen LogP contribution in [0.15, 0.2) is 12.7 Å². The summed E-state index contributed by atoms with van der Waals surface area (Å²) in [6, 6.07) is -0.386. The second kappa shape index (κ2) is 7.13. The Hall–Kier alpha value is -1.40. The third kappa shape index (κ3) is 4.85. The van der Waals surface area contributed by atoms with Crippen molar-refractivity contribution in [3.8, 4) is 0 Å². The molecule has 0 aromatic heterocycles. The van der Waals surface area contributed by atoms with Gasteiger partial charge in [-0.25, -0.2) is 0 Å². The Morgan fingerprint density at radius 2 is 2.06 bits per heavy atom. The minimum atomic E-state index is -0.522. The van der Waals surface area contributed by atoms with Crippen molar-refractivity contribution in [2.24, 2.45) is 11.5 Å². The second-order valence-electron chi connectivity index (χ2n) is 4.66. The average Bonchev–Trinajstić information content (AvgIpc) is 2.31. The minimum absolute atomic E-state index is 0.136. The van der Waals surface area contributed by atoms with Crippen molar-refractivity contribution in [3.05, 3.63) is 12.7 Å². The number of amides is 2. The molecule has 2 amide bonds. The summed E-state index contributed by atoms with van der Waals surface area (Å²) < 4.78 is 0. The normalized spacial score (nSPS) is 19.2. The average molecular weight is 254 g/mol. The van der Waals surface area contributed by atoms with Gasteiger partial charge < -0.3 is 16.8 Å². The quantitative estimate of drug-likeness (QED) is 0.527. The monoisotopic (exact) mass is 254 g/mol. The number of carbonyl (C=O) groups is 2. The number of likely N-dealkylation sites (tertiary alicyclic amines) is 1. The van der Waals surface area contributed by atoms with E-state index in [1.165, 1.54) is 0 Å². The maximum Gasteiger partial charge on any atom is 0.237 e. The molecular weight excluding hydrogens is 232 g/mol. The highest BCUT2D eigenvalue weighted by atomic mass is 16.2. The molecule has 1 fully saturated rings. The summed E-state index contributed by atoms with van der Waals surface area (Å²) in [5.74, 6) is -0.450. The molecule has 6 nitrogen and oxygen atoms in total. The molecule has 0 spiro atoms. The van der Waals surface area contributed by atoms with Gasteiger partial charge in [0.25, 0.3) is 0 Å². The zero-order chi connectivity index (χ0) is 13.5. The van der Waals surface area contributed by atoms with Crippen LogP contribution >= 0.6 is 0 Å². The molecule has 102 valence electrons. The maximum absolute atomic E-state index is 11.7. The van der Waals surface area contributed by atoms with Gasteiger partial charge in [-0.2, -0.15) is 0 Å². The van der Waals surface area contributed by atoms with E-state index in [0.717, 1.165) is 25.9 Å². The Morgan fingerprint density at radius 3 is 2.56 bits per heavy atom. The Morgan fingerprint density at radius 1 is 1.44 bits per heavy atom. The zero-order valence-corrected chi connectivity index (χ0v) is 10.6. The molecule has 18 heavy (non-hydrogen) atoms. The molecule has 0 aliphatic carbocycles. The summed E-state index contributed by atoms with van der Waals surface area (Å²) in [4.78, 5) is 24.5. The van der Waals surface area contributed by atoms with Gasteiger partial charge >= 0.3 is 0 Å². The van der Waals surface area contributed by atoms with E-state index < -0.39 is 6.04 Å². The van der Waals surface area contributed by atoms with Crippen molar-refractivity contribution in [1.82, 2.24) is 10.2 Å². The van der Waals surface area contributed by atoms with Gasteiger partial charge in [-0.3, -0.25) is 14.5 Å². The van der Waals surface area contributed by atoms with E-state index in [2.05, 4.69) is 11.9 Å². The molecule has 1 unspecified atom stereocenters. The van der Waals surface area contributed by atoms with Gasteiger partial charge in [-0.1, -0.05) is 6.08 Å². The third-order valence-electron chi connectivity index (χ3n) is 3.07. The van der Waals surface area contributed by atoms with Crippen molar-refractivity contribution in [1.29, 1.82) is 0 Å². The van der Waals surface area contributed by atoms with Crippen molar-refractivity contribution in [2.45, 2.75) is 31.3 Å². The first kappa shape index (κ1) is 14.7. The lowest BCUT2D eigenvalue weighted by Crippen LogP contribution is -2.50. The summed E-state index contributed by atoms with van der Waals surface area (Å²) in [6.07, 6.45) is 3.76. The Balaban J connectivity index is 2.28. The Kier molecular flexibility index (Phi) is 5.80. The summed E-state index contributed by atoms with van der Waals surface area (Å²) in [5, 5.41) is 2.92. The van der Waals surface area contributed by atoms with Crippen molar-refractivity contribution >= 4 is 11.8 Å². The highest BCUT2D eigenvalue weighted by Gasteiger charge is 2.22. The SMILES string of the molecule is C=CCC(N)C(=O)NC1CCN(CC(N)=O)CC1. The van der Waals surface area contributed by atoms with E-state index in [1.807, 2.05) is 4.90 Å². The molecular formula is C12H22N4O2. The lowest BCUT2D eigenvalue weighted by atomic mass is 10.0. The van der Waals surface area contributed by atoms with Gasteiger partial charge in [-0.05, 0) is 19.3 Å². The van der Waals surface area contributed by atoms with Gasteiger partial charge in [-0.15, -0.1) is 6.58 Å². The van der Waals surface area contributed by atoms with Crippen molar-refractivity contribution in [2.75, 3.05) is 19.6 Å². The molecule has 0 aromatic carbocycles. The number of hydrogen-bond donors (Lipinski definition) is 3. The first-order valence-electron chi connectivity index (χ1n) is 6.20. The fraction of sp³-hybridized carbons (Fsp3) is 0.667. The molecule has 6 heteroatoms. The number of piperidine rings is 1. The van der Waals surface area contributed by atoms with Crippen LogP contribution in [0.2, 0.25) is 0 Å². The van der Waals surface area contributed by atoms with Crippen molar-refractivity contribution < 1.29 is 9.59 Å². The number of nitrogens with one attached hydrogen (secondary N) is 1. The van der Waals surface area contributed by atoms with Gasteiger partial charge in [0, 0.05) is 19.1 Å². The van der Waals surface area contributed by atoms with Crippen LogP contribution in [0, 0.1) is 0 Å². The number of carbonyl (C=O) groups excluding carboxylic acids is 2. The molecule has 1 saturated heterocycles. The molecule has 0 aromatic rings. The molecule has 1 atom stereocenters. The summed E-state index contributed by atoms with van der Waals surface area (Å²) in [7, 11) is 0. The molecule has 1 rings (SSSR count). The largest absolute Gasteiger partial charge is 0.369 e. The highest BCUT2D eigenvalue weighted by molar-refractivity contribution is 5.81.